The van der Waals surface area contributed by atoms with Gasteiger partial charge in [-0.2, -0.15) is 15.0 Å². The summed E-state index contributed by atoms with van der Waals surface area (Å²) in [5.41, 5.74) is 11.0. The zero-order valence-corrected chi connectivity index (χ0v) is 9.01. The van der Waals surface area contributed by atoms with Crippen molar-refractivity contribution in [3.63, 3.8) is 0 Å². The van der Waals surface area contributed by atoms with Gasteiger partial charge in [0.25, 0.3) is 0 Å². The molecular formula is C10H10FN5O. The van der Waals surface area contributed by atoms with Crippen LogP contribution in [0.15, 0.2) is 18.2 Å². The molecule has 0 radical (unpaired) electrons. The number of nitrogens with two attached hydrogens (primary N) is 2. The number of methoxy groups -OCH3 is 1. The van der Waals surface area contributed by atoms with E-state index in [1.807, 2.05) is 0 Å². The number of halogens is 1. The Kier molecular flexibility index (Phi) is 2.73. The van der Waals surface area contributed by atoms with Crippen molar-refractivity contribution in [3.8, 4) is 17.1 Å². The molecular weight excluding hydrogens is 225 g/mol. The summed E-state index contributed by atoms with van der Waals surface area (Å²) >= 11 is 0. The van der Waals surface area contributed by atoms with Crippen LogP contribution in [0, 0.1) is 5.82 Å². The Bertz CT molecular complexity index is 540. The molecule has 0 saturated carbocycles. The first-order valence-electron chi connectivity index (χ1n) is 4.71. The maximum absolute atomic E-state index is 13.7. The monoisotopic (exact) mass is 235 g/mol. The molecule has 4 N–H and O–H groups in total. The second kappa shape index (κ2) is 4.20. The molecule has 2 rings (SSSR count). The van der Waals surface area contributed by atoms with E-state index in [9.17, 15) is 4.39 Å². The third-order valence-electron chi connectivity index (χ3n) is 2.09. The number of benzene rings is 1. The smallest absolute Gasteiger partial charge is 0.225 e. The number of nitrogens with zero attached hydrogens (tertiary/aromatic N) is 3. The molecule has 0 atom stereocenters. The normalized spacial score (nSPS) is 10.2. The summed E-state index contributed by atoms with van der Waals surface area (Å²) in [6.07, 6.45) is 0. The van der Waals surface area contributed by atoms with E-state index in [1.54, 1.807) is 6.07 Å². The van der Waals surface area contributed by atoms with E-state index in [1.165, 1.54) is 19.2 Å². The van der Waals surface area contributed by atoms with Crippen LogP contribution in [0.1, 0.15) is 0 Å². The predicted octanol–water partition coefficient (Wildman–Crippen LogP) is 0.851. The van der Waals surface area contributed by atoms with E-state index in [2.05, 4.69) is 15.0 Å². The lowest BCUT2D eigenvalue weighted by Crippen LogP contribution is -2.05. The molecule has 7 heteroatoms. The van der Waals surface area contributed by atoms with Gasteiger partial charge >= 0.3 is 0 Å². The fourth-order valence-corrected chi connectivity index (χ4v) is 1.33. The molecule has 0 saturated heterocycles. The molecule has 1 aromatic carbocycles. The van der Waals surface area contributed by atoms with Crippen molar-refractivity contribution in [2.45, 2.75) is 0 Å². The highest BCUT2D eigenvalue weighted by molar-refractivity contribution is 5.59. The van der Waals surface area contributed by atoms with Crippen molar-refractivity contribution < 1.29 is 9.13 Å². The van der Waals surface area contributed by atoms with Gasteiger partial charge in [0.2, 0.25) is 11.9 Å². The summed E-state index contributed by atoms with van der Waals surface area (Å²) in [5, 5.41) is 0. The Morgan fingerprint density at radius 2 is 1.76 bits per heavy atom. The highest BCUT2D eigenvalue weighted by Crippen LogP contribution is 2.24. The van der Waals surface area contributed by atoms with E-state index < -0.39 is 5.82 Å². The largest absolute Gasteiger partial charge is 0.497 e. The number of nitrogen functional groups attached to an aromatic ring is 2. The number of anilines is 2. The Labute approximate surface area is 96.5 Å². The van der Waals surface area contributed by atoms with Crippen LogP contribution in [-0.4, -0.2) is 22.1 Å². The first-order chi connectivity index (χ1) is 8.10. The maximum Gasteiger partial charge on any atom is 0.225 e. The molecule has 0 fully saturated rings. The summed E-state index contributed by atoms with van der Waals surface area (Å²) < 4.78 is 18.6. The molecule has 1 aromatic heterocycles. The van der Waals surface area contributed by atoms with Crippen LogP contribution in [0.4, 0.5) is 16.3 Å². The highest BCUT2D eigenvalue weighted by atomic mass is 19.1. The molecule has 0 aliphatic heterocycles. The SMILES string of the molecule is COc1ccc(-c2nc(N)nc(N)n2)c(F)c1. The molecule has 17 heavy (non-hydrogen) atoms. The van der Waals surface area contributed by atoms with Gasteiger partial charge in [0.1, 0.15) is 11.6 Å². The van der Waals surface area contributed by atoms with Gasteiger partial charge in [0.15, 0.2) is 5.82 Å². The lowest BCUT2D eigenvalue weighted by molar-refractivity contribution is 0.411. The first kappa shape index (κ1) is 11.1. The van der Waals surface area contributed by atoms with Gasteiger partial charge in [0, 0.05) is 6.07 Å². The quantitative estimate of drug-likeness (QED) is 0.800. The number of ether oxygens (including phenoxy) is 1. The van der Waals surface area contributed by atoms with Gasteiger partial charge in [-0.1, -0.05) is 0 Å². The highest BCUT2D eigenvalue weighted by Gasteiger charge is 2.11. The Morgan fingerprint density at radius 3 is 2.29 bits per heavy atom. The summed E-state index contributed by atoms with van der Waals surface area (Å²) in [5.74, 6) is -0.129. The standard InChI is InChI=1S/C10H10FN5O/c1-17-5-2-3-6(7(11)4-5)8-14-9(12)16-10(13)15-8/h2-4H,1H3,(H4,12,13,14,15,16). The van der Waals surface area contributed by atoms with Crippen LogP contribution in [0.3, 0.4) is 0 Å². The van der Waals surface area contributed by atoms with E-state index in [4.69, 9.17) is 16.2 Å². The van der Waals surface area contributed by atoms with Crippen molar-refractivity contribution >= 4 is 11.9 Å². The summed E-state index contributed by atoms with van der Waals surface area (Å²) in [4.78, 5) is 11.2. The molecule has 0 spiro atoms. The Hall–Kier alpha value is -2.44. The van der Waals surface area contributed by atoms with E-state index in [-0.39, 0.29) is 23.3 Å². The van der Waals surface area contributed by atoms with Crippen LogP contribution in [0.5, 0.6) is 5.75 Å². The number of rotatable bonds is 2. The van der Waals surface area contributed by atoms with Crippen LogP contribution in [0.25, 0.3) is 11.4 Å². The number of hydrogen-bond acceptors (Lipinski definition) is 6. The Balaban J connectivity index is 2.52. The molecule has 1 heterocycles. The minimum absolute atomic E-state index is 0.0530. The summed E-state index contributed by atoms with van der Waals surface area (Å²) in [6.45, 7) is 0. The van der Waals surface area contributed by atoms with Crippen LogP contribution in [0.2, 0.25) is 0 Å². The fourth-order valence-electron chi connectivity index (χ4n) is 1.33. The predicted molar refractivity (Wildman–Crippen MR) is 60.6 cm³/mol. The van der Waals surface area contributed by atoms with Gasteiger partial charge in [-0.3, -0.25) is 0 Å². The third kappa shape index (κ3) is 2.22. The molecule has 6 nitrogen and oxygen atoms in total. The Morgan fingerprint density at radius 1 is 1.12 bits per heavy atom. The number of aromatic nitrogens is 3. The van der Waals surface area contributed by atoms with E-state index in [0.717, 1.165) is 0 Å². The van der Waals surface area contributed by atoms with Crippen molar-refractivity contribution in [2.75, 3.05) is 18.6 Å². The second-order valence-corrected chi connectivity index (χ2v) is 3.22. The van der Waals surface area contributed by atoms with E-state index in [0.29, 0.717) is 5.75 Å². The minimum Gasteiger partial charge on any atom is -0.497 e. The van der Waals surface area contributed by atoms with Crippen molar-refractivity contribution in [1.29, 1.82) is 0 Å². The van der Waals surface area contributed by atoms with Crippen molar-refractivity contribution in [2.24, 2.45) is 0 Å². The molecule has 88 valence electrons. The zero-order chi connectivity index (χ0) is 12.4. The average molecular weight is 235 g/mol. The molecule has 0 amide bonds. The topological polar surface area (TPSA) is 99.9 Å². The lowest BCUT2D eigenvalue weighted by Gasteiger charge is -2.05. The lowest BCUT2D eigenvalue weighted by atomic mass is 10.2. The van der Waals surface area contributed by atoms with Crippen molar-refractivity contribution in [1.82, 2.24) is 15.0 Å². The average Bonchev–Trinajstić information content (AvgIpc) is 2.27. The molecule has 0 unspecified atom stereocenters. The molecule has 0 aliphatic carbocycles. The van der Waals surface area contributed by atoms with Crippen molar-refractivity contribution in [3.05, 3.63) is 24.0 Å². The summed E-state index contributed by atoms with van der Waals surface area (Å²) in [6, 6.07) is 4.31. The van der Waals surface area contributed by atoms with Gasteiger partial charge in [-0.15, -0.1) is 0 Å². The van der Waals surface area contributed by atoms with Gasteiger partial charge in [-0.05, 0) is 12.1 Å². The fraction of sp³-hybridized carbons (Fsp3) is 0.100. The van der Waals surface area contributed by atoms with E-state index >= 15 is 0 Å². The van der Waals surface area contributed by atoms with Crippen LogP contribution >= 0.6 is 0 Å². The molecule has 0 aliphatic rings. The van der Waals surface area contributed by atoms with Gasteiger partial charge in [0.05, 0.1) is 12.7 Å². The van der Waals surface area contributed by atoms with Crippen LogP contribution in [-0.2, 0) is 0 Å². The zero-order valence-electron chi connectivity index (χ0n) is 9.01. The van der Waals surface area contributed by atoms with Crippen LogP contribution < -0.4 is 16.2 Å². The first-order valence-corrected chi connectivity index (χ1v) is 4.71. The summed E-state index contributed by atoms with van der Waals surface area (Å²) in [7, 11) is 1.45. The second-order valence-electron chi connectivity index (χ2n) is 3.22. The molecule has 2 aromatic rings. The van der Waals surface area contributed by atoms with Gasteiger partial charge < -0.3 is 16.2 Å². The third-order valence-corrected chi connectivity index (χ3v) is 2.09. The maximum atomic E-state index is 13.7. The molecule has 0 bridgehead atoms. The number of hydrogen-bond donors (Lipinski definition) is 2. The minimum atomic E-state index is -0.519. The van der Waals surface area contributed by atoms with Gasteiger partial charge in [-0.25, -0.2) is 4.39 Å².